The summed E-state index contributed by atoms with van der Waals surface area (Å²) in [7, 11) is -3.65. The Bertz CT molecular complexity index is 864. The van der Waals surface area contributed by atoms with E-state index >= 15 is 0 Å². The molecule has 0 bridgehead atoms. The van der Waals surface area contributed by atoms with Gasteiger partial charge < -0.3 is 0 Å². The van der Waals surface area contributed by atoms with Crippen LogP contribution in [0.1, 0.15) is 34.2 Å². The number of para-hydroxylation sites is 1. The topological polar surface area (TPSA) is 72.3 Å². The van der Waals surface area contributed by atoms with Gasteiger partial charge in [-0.25, -0.2) is 13.1 Å². The van der Waals surface area contributed by atoms with E-state index in [0.717, 1.165) is 17.4 Å². The van der Waals surface area contributed by atoms with E-state index < -0.39 is 16.1 Å². The zero-order chi connectivity index (χ0) is 18.2. The normalized spacial score (nSPS) is 12.9. The molecule has 1 unspecified atom stereocenters. The molecule has 1 atom stereocenters. The first-order valence-electron chi connectivity index (χ1n) is 7.67. The Morgan fingerprint density at radius 3 is 2.12 bits per heavy atom. The van der Waals surface area contributed by atoms with Crippen molar-refractivity contribution >= 4 is 21.6 Å². The maximum absolute atomic E-state index is 12.9. The number of aromatic nitrogens is 2. The fraction of sp³-hybridized carbons (Fsp3) is 0.412. The van der Waals surface area contributed by atoms with Crippen LogP contribution < -0.4 is 4.31 Å². The predicted molar refractivity (Wildman–Crippen MR) is 95.0 cm³/mol. The number of carbonyl (C=O) groups is 1. The first kappa shape index (κ1) is 18.2. The van der Waals surface area contributed by atoms with Crippen LogP contribution in [-0.2, 0) is 10.0 Å². The summed E-state index contributed by atoms with van der Waals surface area (Å²) in [6.45, 7) is 8.82. The number of carbonyl (C=O) groups excluding carboxylic acids is 1. The molecule has 0 aliphatic carbocycles. The molecule has 0 saturated heterocycles. The molecular weight excluding hydrogens is 326 g/mol. The van der Waals surface area contributed by atoms with E-state index in [1.165, 1.54) is 8.99 Å². The molecule has 0 aliphatic rings. The molecule has 24 heavy (non-hydrogen) atoms. The molecule has 0 N–H and O–H groups in total. The molecule has 1 aromatic carbocycles. The van der Waals surface area contributed by atoms with Crippen molar-refractivity contribution in [1.82, 2.24) is 9.78 Å². The SMILES string of the molecule is Cc1cc(C)n(C(=O)C(C)N(c2c(C)cccc2C)S(C)(=O)=O)n1. The van der Waals surface area contributed by atoms with Gasteiger partial charge in [0, 0.05) is 5.69 Å². The van der Waals surface area contributed by atoms with E-state index in [1.807, 2.05) is 32.0 Å². The van der Waals surface area contributed by atoms with Crippen molar-refractivity contribution in [3.05, 3.63) is 46.8 Å². The van der Waals surface area contributed by atoms with E-state index in [4.69, 9.17) is 0 Å². The van der Waals surface area contributed by atoms with E-state index in [2.05, 4.69) is 5.10 Å². The number of anilines is 1. The molecule has 2 rings (SSSR count). The maximum atomic E-state index is 12.9. The van der Waals surface area contributed by atoms with Crippen molar-refractivity contribution < 1.29 is 13.2 Å². The lowest BCUT2D eigenvalue weighted by Crippen LogP contribution is -2.46. The molecule has 0 saturated carbocycles. The number of aryl methyl sites for hydroxylation is 4. The molecule has 1 heterocycles. The Labute approximate surface area is 143 Å². The van der Waals surface area contributed by atoms with Gasteiger partial charge in [0.2, 0.25) is 10.0 Å². The van der Waals surface area contributed by atoms with Crippen LogP contribution in [0, 0.1) is 27.7 Å². The molecule has 0 aliphatic heterocycles. The highest BCUT2D eigenvalue weighted by atomic mass is 32.2. The van der Waals surface area contributed by atoms with Gasteiger partial charge in [0.15, 0.2) is 0 Å². The highest BCUT2D eigenvalue weighted by molar-refractivity contribution is 7.92. The molecule has 0 spiro atoms. The number of sulfonamides is 1. The van der Waals surface area contributed by atoms with E-state index in [0.29, 0.717) is 17.1 Å². The van der Waals surface area contributed by atoms with Crippen molar-refractivity contribution in [2.24, 2.45) is 0 Å². The third kappa shape index (κ3) is 3.36. The van der Waals surface area contributed by atoms with Crippen LogP contribution >= 0.6 is 0 Å². The third-order valence-electron chi connectivity index (χ3n) is 3.94. The zero-order valence-electron chi connectivity index (χ0n) is 14.9. The van der Waals surface area contributed by atoms with Crippen molar-refractivity contribution in [1.29, 1.82) is 0 Å². The molecule has 7 heteroatoms. The van der Waals surface area contributed by atoms with Crippen molar-refractivity contribution in [3.8, 4) is 0 Å². The van der Waals surface area contributed by atoms with Crippen LogP contribution in [-0.4, -0.2) is 36.4 Å². The fourth-order valence-corrected chi connectivity index (χ4v) is 4.21. The molecule has 0 fully saturated rings. The van der Waals surface area contributed by atoms with Crippen LogP contribution in [0.15, 0.2) is 24.3 Å². The summed E-state index contributed by atoms with van der Waals surface area (Å²) in [5, 5.41) is 4.18. The van der Waals surface area contributed by atoms with Gasteiger partial charge >= 0.3 is 0 Å². The standard InChI is InChI=1S/C17H23N3O3S/c1-11-8-7-9-12(2)16(11)20(24(6,22)23)15(5)17(21)19-14(4)10-13(3)18-19/h7-10,15H,1-6H3. The summed E-state index contributed by atoms with van der Waals surface area (Å²) in [6, 6.07) is 6.41. The fourth-order valence-electron chi connectivity index (χ4n) is 2.93. The largest absolute Gasteiger partial charge is 0.270 e. The van der Waals surface area contributed by atoms with Crippen molar-refractivity contribution in [3.63, 3.8) is 0 Å². The predicted octanol–water partition coefficient (Wildman–Crippen LogP) is 2.61. The Morgan fingerprint density at radius 2 is 1.71 bits per heavy atom. The summed E-state index contributed by atoms with van der Waals surface area (Å²) in [5.41, 5.74) is 3.54. The van der Waals surface area contributed by atoms with Gasteiger partial charge in [0.05, 0.1) is 17.6 Å². The summed E-state index contributed by atoms with van der Waals surface area (Å²) in [6.07, 6.45) is 1.11. The average molecular weight is 349 g/mol. The second-order valence-electron chi connectivity index (χ2n) is 6.15. The Kier molecular flexibility index (Phi) is 4.85. The van der Waals surface area contributed by atoms with Crippen LogP contribution in [0.3, 0.4) is 0 Å². The monoisotopic (exact) mass is 349 g/mol. The first-order valence-corrected chi connectivity index (χ1v) is 9.52. The lowest BCUT2D eigenvalue weighted by Gasteiger charge is -2.30. The lowest BCUT2D eigenvalue weighted by molar-refractivity contribution is 0.0869. The minimum atomic E-state index is -3.65. The van der Waals surface area contributed by atoms with E-state index in [-0.39, 0.29) is 5.91 Å². The zero-order valence-corrected chi connectivity index (χ0v) is 15.7. The van der Waals surface area contributed by atoms with Gasteiger partial charge in [-0.1, -0.05) is 18.2 Å². The van der Waals surface area contributed by atoms with Crippen LogP contribution in [0.25, 0.3) is 0 Å². The van der Waals surface area contributed by atoms with Gasteiger partial charge in [0.25, 0.3) is 5.91 Å². The van der Waals surface area contributed by atoms with Crippen molar-refractivity contribution in [2.45, 2.75) is 40.7 Å². The highest BCUT2D eigenvalue weighted by Gasteiger charge is 2.32. The quantitative estimate of drug-likeness (QED) is 0.850. The van der Waals surface area contributed by atoms with Gasteiger partial charge in [-0.3, -0.25) is 9.10 Å². The van der Waals surface area contributed by atoms with Gasteiger partial charge in [-0.15, -0.1) is 0 Å². The molecular formula is C17H23N3O3S. The summed E-state index contributed by atoms with van der Waals surface area (Å²) in [5.74, 6) is -0.381. The third-order valence-corrected chi connectivity index (χ3v) is 5.16. The average Bonchev–Trinajstić information content (AvgIpc) is 2.79. The molecule has 130 valence electrons. The molecule has 0 amide bonds. The number of hydrogen-bond acceptors (Lipinski definition) is 4. The number of hydrogen-bond donors (Lipinski definition) is 0. The summed E-state index contributed by atoms with van der Waals surface area (Å²) >= 11 is 0. The number of nitrogens with zero attached hydrogens (tertiary/aromatic N) is 3. The first-order chi connectivity index (χ1) is 11.0. The molecule has 0 radical (unpaired) electrons. The van der Waals surface area contributed by atoms with Crippen LogP contribution in [0.2, 0.25) is 0 Å². The summed E-state index contributed by atoms with van der Waals surface area (Å²) < 4.78 is 27.4. The maximum Gasteiger partial charge on any atom is 0.270 e. The van der Waals surface area contributed by atoms with Crippen LogP contribution in [0.5, 0.6) is 0 Å². The molecule has 6 nitrogen and oxygen atoms in total. The lowest BCUT2D eigenvalue weighted by atomic mass is 10.1. The van der Waals surface area contributed by atoms with Gasteiger partial charge in [0.1, 0.15) is 6.04 Å². The van der Waals surface area contributed by atoms with Gasteiger partial charge in [-0.05, 0) is 51.8 Å². The Balaban J connectivity index is 2.58. The van der Waals surface area contributed by atoms with Gasteiger partial charge in [-0.2, -0.15) is 5.10 Å². The minimum Gasteiger partial charge on any atom is -0.270 e. The Hall–Kier alpha value is -2.15. The number of benzene rings is 1. The molecule has 2 aromatic rings. The second-order valence-corrected chi connectivity index (χ2v) is 8.01. The highest BCUT2D eigenvalue weighted by Crippen LogP contribution is 2.29. The Morgan fingerprint density at radius 1 is 1.17 bits per heavy atom. The van der Waals surface area contributed by atoms with E-state index in [9.17, 15) is 13.2 Å². The van der Waals surface area contributed by atoms with Crippen molar-refractivity contribution in [2.75, 3.05) is 10.6 Å². The molecule has 1 aromatic heterocycles. The second kappa shape index (κ2) is 6.39. The smallest absolute Gasteiger partial charge is 0.270 e. The van der Waals surface area contributed by atoms with E-state index in [1.54, 1.807) is 26.8 Å². The summed E-state index contributed by atoms with van der Waals surface area (Å²) in [4.78, 5) is 12.9. The van der Waals surface area contributed by atoms with Crippen LogP contribution in [0.4, 0.5) is 5.69 Å². The number of rotatable bonds is 4. The minimum absolute atomic E-state index is 0.381.